The lowest BCUT2D eigenvalue weighted by Crippen LogP contribution is -2.48. The molecule has 1 saturated heterocycles. The maximum atomic E-state index is 12.8. The number of thiocarbonyl (C=S) groups is 1. The molecule has 0 unspecified atom stereocenters. The van der Waals surface area contributed by atoms with Crippen LogP contribution >= 0.6 is 28.1 Å². The predicted octanol–water partition coefficient (Wildman–Crippen LogP) is 4.55. The number of carbonyl (C=O) groups is 2. The van der Waals surface area contributed by atoms with Gasteiger partial charge in [-0.15, -0.1) is 0 Å². The average molecular weight is 553 g/mol. The van der Waals surface area contributed by atoms with Crippen LogP contribution < -0.4 is 20.3 Å². The number of nitrogens with one attached hydrogen (secondary N) is 2. The van der Waals surface area contributed by atoms with Crippen LogP contribution in [0.5, 0.6) is 5.75 Å². The van der Waals surface area contributed by atoms with Crippen molar-refractivity contribution in [1.82, 2.24) is 10.2 Å². The van der Waals surface area contributed by atoms with E-state index in [1.54, 1.807) is 49.6 Å². The zero-order chi connectivity index (χ0) is 24.8. The normalized spacial score (nSPS) is 13.2. The average Bonchev–Trinajstić information content (AvgIpc) is 2.89. The molecule has 9 heteroatoms. The molecule has 35 heavy (non-hydrogen) atoms. The number of ether oxygens (including phenoxy) is 1. The molecule has 2 N–H and O–H groups in total. The quantitative estimate of drug-likeness (QED) is 0.452. The summed E-state index contributed by atoms with van der Waals surface area (Å²) in [5.41, 5.74) is 3.03. The van der Waals surface area contributed by atoms with Gasteiger partial charge in [-0.1, -0.05) is 22.0 Å². The highest BCUT2D eigenvalue weighted by Crippen LogP contribution is 2.21. The SMILES string of the molecule is COc1ccc(C(=O)N2CCN(c3ccc(NC(=S)NC(=O)c4cccc(Br)c4)cc3)CC2)cc1. The van der Waals surface area contributed by atoms with Gasteiger partial charge in [-0.05, 0) is 78.9 Å². The van der Waals surface area contributed by atoms with E-state index in [-0.39, 0.29) is 16.9 Å². The fourth-order valence-corrected chi connectivity index (χ4v) is 4.42. The molecule has 0 saturated carbocycles. The summed E-state index contributed by atoms with van der Waals surface area (Å²) in [6.45, 7) is 2.79. The molecule has 0 aromatic heterocycles. The van der Waals surface area contributed by atoms with Crippen molar-refractivity contribution in [3.05, 3.63) is 88.4 Å². The Bertz CT molecular complexity index is 1210. The number of hydrogen-bond acceptors (Lipinski definition) is 5. The van der Waals surface area contributed by atoms with Crippen molar-refractivity contribution < 1.29 is 14.3 Å². The Morgan fingerprint density at radius 1 is 0.914 bits per heavy atom. The molecule has 0 atom stereocenters. The standard InChI is InChI=1S/C26H25BrN4O3S/c1-34-23-11-5-18(6-12-23)25(33)31-15-13-30(14-16-31)22-9-7-21(8-10-22)28-26(35)29-24(32)19-3-2-4-20(27)17-19/h2-12,17H,13-16H2,1H3,(H2,28,29,32,35). The smallest absolute Gasteiger partial charge is 0.257 e. The minimum atomic E-state index is -0.275. The van der Waals surface area contributed by atoms with Gasteiger partial charge in [0.05, 0.1) is 7.11 Å². The largest absolute Gasteiger partial charge is 0.497 e. The zero-order valence-corrected chi connectivity index (χ0v) is 21.6. The number of halogens is 1. The molecule has 0 spiro atoms. The number of benzene rings is 3. The first kappa shape index (κ1) is 24.7. The van der Waals surface area contributed by atoms with Gasteiger partial charge in [0.25, 0.3) is 11.8 Å². The Morgan fingerprint density at radius 3 is 2.23 bits per heavy atom. The van der Waals surface area contributed by atoms with Crippen molar-refractivity contribution >= 4 is 56.4 Å². The van der Waals surface area contributed by atoms with Crippen molar-refractivity contribution in [2.75, 3.05) is 43.5 Å². The molecular formula is C26H25BrN4O3S. The van der Waals surface area contributed by atoms with Crippen LogP contribution in [0.4, 0.5) is 11.4 Å². The summed E-state index contributed by atoms with van der Waals surface area (Å²) in [5, 5.41) is 5.96. The first-order chi connectivity index (χ1) is 16.9. The van der Waals surface area contributed by atoms with Crippen LogP contribution in [0, 0.1) is 0 Å². The fraction of sp³-hybridized carbons (Fsp3) is 0.192. The highest BCUT2D eigenvalue weighted by atomic mass is 79.9. The van der Waals surface area contributed by atoms with Crippen molar-refractivity contribution in [3.63, 3.8) is 0 Å². The maximum Gasteiger partial charge on any atom is 0.257 e. The molecule has 1 fully saturated rings. The third-order valence-electron chi connectivity index (χ3n) is 5.71. The lowest BCUT2D eigenvalue weighted by Gasteiger charge is -2.36. The first-order valence-electron chi connectivity index (χ1n) is 11.1. The van der Waals surface area contributed by atoms with Crippen molar-refractivity contribution in [1.29, 1.82) is 0 Å². The Morgan fingerprint density at radius 2 is 1.60 bits per heavy atom. The molecule has 180 valence electrons. The summed E-state index contributed by atoms with van der Waals surface area (Å²) >= 11 is 8.64. The van der Waals surface area contributed by atoms with Gasteiger partial charge in [0.15, 0.2) is 5.11 Å². The third kappa shape index (κ3) is 6.37. The molecular weight excluding hydrogens is 528 g/mol. The van der Waals surface area contributed by atoms with Crippen LogP contribution in [0.25, 0.3) is 0 Å². The summed E-state index contributed by atoms with van der Waals surface area (Å²) in [6, 6.07) is 22.1. The molecule has 2 amide bonds. The molecule has 3 aromatic rings. The number of rotatable bonds is 5. The van der Waals surface area contributed by atoms with Crippen LogP contribution in [0.3, 0.4) is 0 Å². The van der Waals surface area contributed by atoms with E-state index in [1.807, 2.05) is 35.2 Å². The molecule has 1 aliphatic rings. The molecule has 0 bridgehead atoms. The zero-order valence-electron chi connectivity index (χ0n) is 19.2. The third-order valence-corrected chi connectivity index (χ3v) is 6.41. The van der Waals surface area contributed by atoms with Gasteiger partial charge in [0.1, 0.15) is 5.75 Å². The number of amides is 2. The first-order valence-corrected chi connectivity index (χ1v) is 12.3. The molecule has 0 radical (unpaired) electrons. The van der Waals surface area contributed by atoms with Crippen LogP contribution in [-0.4, -0.2) is 55.1 Å². The Kier molecular flexibility index (Phi) is 7.99. The van der Waals surface area contributed by atoms with Gasteiger partial charge in [0, 0.05) is 53.2 Å². The Balaban J connectivity index is 1.27. The Labute approximate surface area is 218 Å². The second-order valence-electron chi connectivity index (χ2n) is 7.97. The summed E-state index contributed by atoms with van der Waals surface area (Å²) in [5.74, 6) is 0.490. The second-order valence-corrected chi connectivity index (χ2v) is 9.30. The van der Waals surface area contributed by atoms with Crippen molar-refractivity contribution in [3.8, 4) is 5.75 Å². The van der Waals surface area contributed by atoms with E-state index in [9.17, 15) is 9.59 Å². The fourth-order valence-electron chi connectivity index (χ4n) is 3.81. The van der Waals surface area contributed by atoms with Gasteiger partial charge in [0.2, 0.25) is 0 Å². The van der Waals surface area contributed by atoms with Gasteiger partial charge in [-0.3, -0.25) is 14.9 Å². The number of nitrogens with zero attached hydrogens (tertiary/aromatic N) is 2. The lowest BCUT2D eigenvalue weighted by molar-refractivity contribution is 0.0746. The van der Waals surface area contributed by atoms with E-state index >= 15 is 0 Å². The number of piperazine rings is 1. The topological polar surface area (TPSA) is 73.9 Å². The van der Waals surface area contributed by atoms with E-state index in [2.05, 4.69) is 31.5 Å². The molecule has 3 aromatic carbocycles. The minimum absolute atomic E-state index is 0.0327. The highest BCUT2D eigenvalue weighted by molar-refractivity contribution is 9.10. The summed E-state index contributed by atoms with van der Waals surface area (Å²) in [7, 11) is 1.61. The maximum absolute atomic E-state index is 12.8. The molecule has 1 aliphatic heterocycles. The van der Waals surface area contributed by atoms with Gasteiger partial charge in [-0.25, -0.2) is 0 Å². The predicted molar refractivity (Wildman–Crippen MR) is 145 cm³/mol. The van der Waals surface area contributed by atoms with Crippen LogP contribution in [0.15, 0.2) is 77.3 Å². The number of hydrogen-bond donors (Lipinski definition) is 2. The highest BCUT2D eigenvalue weighted by Gasteiger charge is 2.22. The second kappa shape index (κ2) is 11.3. The van der Waals surface area contributed by atoms with E-state index in [0.717, 1.165) is 34.7 Å². The molecule has 4 rings (SSSR count). The molecule has 7 nitrogen and oxygen atoms in total. The number of anilines is 2. The summed E-state index contributed by atoms with van der Waals surface area (Å²) in [4.78, 5) is 29.3. The minimum Gasteiger partial charge on any atom is -0.497 e. The Hall–Kier alpha value is -3.43. The number of methoxy groups -OCH3 is 1. The van der Waals surface area contributed by atoms with E-state index in [1.165, 1.54) is 0 Å². The lowest BCUT2D eigenvalue weighted by atomic mass is 10.1. The van der Waals surface area contributed by atoms with E-state index in [0.29, 0.717) is 24.2 Å². The monoisotopic (exact) mass is 552 g/mol. The molecule has 1 heterocycles. The summed E-state index contributed by atoms with van der Waals surface area (Å²) in [6.07, 6.45) is 0. The van der Waals surface area contributed by atoms with Crippen LogP contribution in [-0.2, 0) is 0 Å². The van der Waals surface area contributed by atoms with Crippen LogP contribution in [0.1, 0.15) is 20.7 Å². The molecule has 0 aliphatic carbocycles. The van der Waals surface area contributed by atoms with Crippen molar-refractivity contribution in [2.24, 2.45) is 0 Å². The van der Waals surface area contributed by atoms with Crippen LogP contribution in [0.2, 0.25) is 0 Å². The van der Waals surface area contributed by atoms with E-state index < -0.39 is 0 Å². The van der Waals surface area contributed by atoms with Crippen molar-refractivity contribution in [2.45, 2.75) is 0 Å². The number of carbonyl (C=O) groups excluding carboxylic acids is 2. The van der Waals surface area contributed by atoms with E-state index in [4.69, 9.17) is 17.0 Å². The van der Waals surface area contributed by atoms with Gasteiger partial charge in [-0.2, -0.15) is 0 Å². The summed E-state index contributed by atoms with van der Waals surface area (Å²) < 4.78 is 5.99. The van der Waals surface area contributed by atoms with Gasteiger partial charge < -0.3 is 19.9 Å². The van der Waals surface area contributed by atoms with Gasteiger partial charge >= 0.3 is 0 Å².